The van der Waals surface area contributed by atoms with Crippen LogP contribution in [-0.2, 0) is 9.53 Å². The molecule has 3 rings (SSSR count). The van der Waals surface area contributed by atoms with Gasteiger partial charge in [0.15, 0.2) is 12.4 Å². The average molecular weight is 420 g/mol. The Hall–Kier alpha value is -3.36. The maximum absolute atomic E-state index is 12.6. The third kappa shape index (κ3) is 5.37. The number of ketones is 1. The molecule has 1 aliphatic heterocycles. The molecule has 1 atom stereocenters. The first-order valence-electron chi connectivity index (χ1n) is 9.25. The predicted octanol–water partition coefficient (Wildman–Crippen LogP) is 4.02. The second-order valence-electron chi connectivity index (χ2n) is 6.79. The van der Waals surface area contributed by atoms with Gasteiger partial charge in [0.2, 0.25) is 5.91 Å². The molecule has 1 unspecified atom stereocenters. The predicted molar refractivity (Wildman–Crippen MR) is 102 cm³/mol. The van der Waals surface area contributed by atoms with Gasteiger partial charge in [-0.15, -0.1) is 0 Å². The van der Waals surface area contributed by atoms with Crippen molar-refractivity contribution in [1.29, 1.82) is 0 Å². The van der Waals surface area contributed by atoms with E-state index < -0.39 is 30.8 Å². The SMILES string of the molecule is O=C(c1ccccc1)c1cccc(NC(=O)C2CCCN2C(=O)OCC(F)(F)F)c1. The molecule has 2 aromatic carbocycles. The van der Waals surface area contributed by atoms with E-state index in [4.69, 9.17) is 0 Å². The van der Waals surface area contributed by atoms with Gasteiger partial charge in [-0.2, -0.15) is 13.2 Å². The number of carbonyl (C=O) groups excluding carboxylic acids is 3. The van der Waals surface area contributed by atoms with Gasteiger partial charge in [0.25, 0.3) is 0 Å². The highest BCUT2D eigenvalue weighted by Crippen LogP contribution is 2.23. The van der Waals surface area contributed by atoms with Crippen molar-refractivity contribution in [3.8, 4) is 0 Å². The third-order valence-corrected chi connectivity index (χ3v) is 4.58. The van der Waals surface area contributed by atoms with Crippen LogP contribution in [0.2, 0.25) is 0 Å². The van der Waals surface area contributed by atoms with Crippen molar-refractivity contribution in [2.75, 3.05) is 18.5 Å². The number of benzene rings is 2. The Morgan fingerprint density at radius 1 is 1.03 bits per heavy atom. The minimum Gasteiger partial charge on any atom is -0.440 e. The topological polar surface area (TPSA) is 75.7 Å². The smallest absolute Gasteiger partial charge is 0.422 e. The fourth-order valence-electron chi connectivity index (χ4n) is 3.20. The number of amides is 2. The number of hydrogen-bond donors (Lipinski definition) is 1. The molecule has 0 aromatic heterocycles. The lowest BCUT2D eigenvalue weighted by molar-refractivity contribution is -0.162. The van der Waals surface area contributed by atoms with Crippen LogP contribution in [0.25, 0.3) is 0 Å². The first kappa shape index (κ1) is 21.4. The molecule has 6 nitrogen and oxygen atoms in total. The van der Waals surface area contributed by atoms with Crippen molar-refractivity contribution in [2.24, 2.45) is 0 Å². The summed E-state index contributed by atoms with van der Waals surface area (Å²) < 4.78 is 41.1. The summed E-state index contributed by atoms with van der Waals surface area (Å²) in [7, 11) is 0. The standard InChI is InChI=1S/C21H19F3N2O4/c22-21(23,24)13-30-20(29)26-11-5-10-17(26)19(28)25-16-9-4-8-15(12-16)18(27)14-6-2-1-3-7-14/h1-4,6-9,12,17H,5,10-11,13H2,(H,25,28). The minimum atomic E-state index is -4.64. The first-order chi connectivity index (χ1) is 14.2. The molecule has 1 aliphatic rings. The van der Waals surface area contributed by atoms with E-state index in [0.29, 0.717) is 29.7 Å². The van der Waals surface area contributed by atoms with Gasteiger partial charge < -0.3 is 10.1 Å². The Kier molecular flexibility index (Phi) is 6.39. The summed E-state index contributed by atoms with van der Waals surface area (Å²) in [4.78, 5) is 38.1. The maximum atomic E-state index is 12.6. The number of alkyl halides is 3. The molecule has 158 valence electrons. The number of hydrogen-bond acceptors (Lipinski definition) is 4. The van der Waals surface area contributed by atoms with E-state index in [2.05, 4.69) is 10.1 Å². The number of nitrogens with zero attached hydrogens (tertiary/aromatic N) is 1. The number of likely N-dealkylation sites (tertiary alicyclic amines) is 1. The highest BCUT2D eigenvalue weighted by Gasteiger charge is 2.37. The van der Waals surface area contributed by atoms with Crippen molar-refractivity contribution in [3.05, 3.63) is 65.7 Å². The number of nitrogens with one attached hydrogen (secondary N) is 1. The lowest BCUT2D eigenvalue weighted by Gasteiger charge is -2.23. The minimum absolute atomic E-state index is 0.126. The fourth-order valence-corrected chi connectivity index (χ4v) is 3.20. The van der Waals surface area contributed by atoms with E-state index in [1.165, 1.54) is 6.07 Å². The van der Waals surface area contributed by atoms with Crippen molar-refractivity contribution in [3.63, 3.8) is 0 Å². The largest absolute Gasteiger partial charge is 0.440 e. The van der Waals surface area contributed by atoms with E-state index in [-0.39, 0.29) is 12.3 Å². The van der Waals surface area contributed by atoms with E-state index in [9.17, 15) is 27.6 Å². The summed E-state index contributed by atoms with van der Waals surface area (Å²) in [5.74, 6) is -0.773. The quantitative estimate of drug-likeness (QED) is 0.742. The van der Waals surface area contributed by atoms with Gasteiger partial charge in [-0.25, -0.2) is 4.79 Å². The third-order valence-electron chi connectivity index (χ3n) is 4.58. The van der Waals surface area contributed by atoms with Gasteiger partial charge in [0, 0.05) is 23.4 Å². The van der Waals surface area contributed by atoms with Gasteiger partial charge in [0.1, 0.15) is 6.04 Å². The average Bonchev–Trinajstić information content (AvgIpc) is 3.22. The molecule has 1 heterocycles. The zero-order valence-electron chi connectivity index (χ0n) is 15.8. The molecule has 1 fully saturated rings. The van der Waals surface area contributed by atoms with Gasteiger partial charge in [0.05, 0.1) is 0 Å². The molecular weight excluding hydrogens is 401 g/mol. The summed E-state index contributed by atoms with van der Waals surface area (Å²) in [6.07, 6.45) is -5.06. The molecule has 0 bridgehead atoms. The summed E-state index contributed by atoms with van der Waals surface area (Å²) >= 11 is 0. The zero-order valence-corrected chi connectivity index (χ0v) is 15.8. The van der Waals surface area contributed by atoms with Crippen LogP contribution >= 0.6 is 0 Å². The summed E-state index contributed by atoms with van der Waals surface area (Å²) in [5, 5.41) is 2.62. The van der Waals surface area contributed by atoms with Crippen LogP contribution in [0.5, 0.6) is 0 Å². The Bertz CT molecular complexity index is 931. The van der Waals surface area contributed by atoms with Crippen molar-refractivity contribution >= 4 is 23.5 Å². The summed E-state index contributed by atoms with van der Waals surface area (Å²) in [6.45, 7) is -1.58. The van der Waals surface area contributed by atoms with Crippen LogP contribution < -0.4 is 5.32 Å². The van der Waals surface area contributed by atoms with E-state index >= 15 is 0 Å². The van der Waals surface area contributed by atoms with Crippen molar-refractivity contribution in [1.82, 2.24) is 4.90 Å². The van der Waals surface area contributed by atoms with E-state index in [1.807, 2.05) is 0 Å². The molecule has 9 heteroatoms. The van der Waals surface area contributed by atoms with Crippen molar-refractivity contribution in [2.45, 2.75) is 25.1 Å². The molecule has 0 aliphatic carbocycles. The van der Waals surface area contributed by atoms with Crippen LogP contribution in [0.3, 0.4) is 0 Å². The highest BCUT2D eigenvalue weighted by molar-refractivity contribution is 6.09. The van der Waals surface area contributed by atoms with Crippen LogP contribution in [0.4, 0.5) is 23.7 Å². The second-order valence-corrected chi connectivity index (χ2v) is 6.79. The number of carbonyl (C=O) groups is 3. The Morgan fingerprint density at radius 3 is 2.43 bits per heavy atom. The molecule has 0 radical (unpaired) electrons. The first-order valence-corrected chi connectivity index (χ1v) is 9.25. The normalized spacial score (nSPS) is 16.2. The molecule has 0 saturated carbocycles. The maximum Gasteiger partial charge on any atom is 0.422 e. The Morgan fingerprint density at radius 2 is 1.73 bits per heavy atom. The van der Waals surface area contributed by atoms with E-state index in [1.54, 1.807) is 48.5 Å². The van der Waals surface area contributed by atoms with Crippen LogP contribution in [0.1, 0.15) is 28.8 Å². The molecule has 1 N–H and O–H groups in total. The molecule has 0 spiro atoms. The molecular formula is C21H19F3N2O4. The Balaban J connectivity index is 1.67. The van der Waals surface area contributed by atoms with Gasteiger partial charge in [-0.05, 0) is 25.0 Å². The molecule has 1 saturated heterocycles. The summed E-state index contributed by atoms with van der Waals surface area (Å²) in [6, 6.07) is 14.0. The second kappa shape index (κ2) is 8.98. The number of rotatable bonds is 5. The van der Waals surface area contributed by atoms with Crippen LogP contribution in [-0.4, -0.2) is 48.1 Å². The van der Waals surface area contributed by atoms with Gasteiger partial charge in [-0.3, -0.25) is 14.5 Å². The highest BCUT2D eigenvalue weighted by atomic mass is 19.4. The summed E-state index contributed by atoms with van der Waals surface area (Å²) in [5.41, 5.74) is 1.21. The lowest BCUT2D eigenvalue weighted by Crippen LogP contribution is -2.44. The number of ether oxygens (including phenoxy) is 1. The van der Waals surface area contributed by atoms with Crippen LogP contribution in [0.15, 0.2) is 54.6 Å². The number of halogens is 3. The fraction of sp³-hybridized carbons (Fsp3) is 0.286. The zero-order chi connectivity index (χ0) is 21.7. The number of anilines is 1. The Labute approximate surface area is 170 Å². The molecule has 2 amide bonds. The van der Waals surface area contributed by atoms with Gasteiger partial charge >= 0.3 is 12.3 Å². The molecule has 2 aromatic rings. The molecule has 30 heavy (non-hydrogen) atoms. The van der Waals surface area contributed by atoms with Crippen LogP contribution in [0, 0.1) is 0 Å². The van der Waals surface area contributed by atoms with E-state index in [0.717, 1.165) is 4.90 Å². The lowest BCUT2D eigenvalue weighted by atomic mass is 10.0. The van der Waals surface area contributed by atoms with Crippen molar-refractivity contribution < 1.29 is 32.3 Å². The monoisotopic (exact) mass is 420 g/mol. The van der Waals surface area contributed by atoms with Gasteiger partial charge in [-0.1, -0.05) is 42.5 Å².